The molecule has 0 unspecified atom stereocenters. The minimum absolute atomic E-state index is 0.0171. The van der Waals surface area contributed by atoms with E-state index in [0.29, 0.717) is 35.1 Å². The van der Waals surface area contributed by atoms with Gasteiger partial charge in [-0.05, 0) is 54.3 Å². The van der Waals surface area contributed by atoms with Crippen LogP contribution in [0.3, 0.4) is 0 Å². The molecule has 162 valence electrons. The fraction of sp³-hybridized carbons (Fsp3) is 0.391. The molecule has 0 radical (unpaired) electrons. The number of urea groups is 1. The van der Waals surface area contributed by atoms with Gasteiger partial charge in [0.2, 0.25) is 0 Å². The molecule has 0 saturated carbocycles. The van der Waals surface area contributed by atoms with E-state index < -0.39 is 11.6 Å². The maximum atomic E-state index is 12.7. The zero-order valence-electron chi connectivity index (χ0n) is 17.6. The number of methoxy groups -OCH3 is 2. The van der Waals surface area contributed by atoms with Gasteiger partial charge in [0.05, 0.1) is 20.3 Å². The molecular formula is C23H25ClN4O3. The number of anilines is 1. The van der Waals surface area contributed by atoms with Crippen molar-refractivity contribution in [2.24, 2.45) is 0 Å². The van der Waals surface area contributed by atoms with Crippen molar-refractivity contribution in [3.8, 4) is 17.6 Å². The van der Waals surface area contributed by atoms with Crippen LogP contribution in [0.15, 0.2) is 36.4 Å². The Balaban J connectivity index is 1.57. The van der Waals surface area contributed by atoms with Gasteiger partial charge < -0.3 is 20.1 Å². The Bertz CT molecular complexity index is 1040. The van der Waals surface area contributed by atoms with Crippen molar-refractivity contribution in [1.29, 1.82) is 5.26 Å². The van der Waals surface area contributed by atoms with Crippen molar-refractivity contribution in [3.63, 3.8) is 0 Å². The number of hydrogen-bond acceptors (Lipinski definition) is 5. The van der Waals surface area contributed by atoms with Gasteiger partial charge in [-0.1, -0.05) is 17.7 Å². The van der Waals surface area contributed by atoms with Gasteiger partial charge in [0.15, 0.2) is 11.5 Å². The van der Waals surface area contributed by atoms with Crippen LogP contribution in [0.25, 0.3) is 0 Å². The predicted octanol–water partition coefficient (Wildman–Crippen LogP) is 4.13. The quantitative estimate of drug-likeness (QED) is 0.746. The van der Waals surface area contributed by atoms with Crippen LogP contribution < -0.4 is 20.1 Å². The van der Waals surface area contributed by atoms with E-state index in [9.17, 15) is 10.1 Å². The lowest BCUT2D eigenvalue weighted by atomic mass is 9.78. The number of nitriles is 1. The van der Waals surface area contributed by atoms with Crippen molar-refractivity contribution < 1.29 is 14.3 Å². The number of amides is 2. The number of hydrogen-bond donors (Lipinski definition) is 2. The summed E-state index contributed by atoms with van der Waals surface area (Å²) in [5.74, 6) is 1.37. The first-order valence-electron chi connectivity index (χ1n) is 10.2. The number of carbonyl (C=O) groups is 1. The molecule has 2 aromatic carbocycles. The monoisotopic (exact) mass is 440 g/mol. The van der Waals surface area contributed by atoms with E-state index in [4.69, 9.17) is 21.1 Å². The van der Waals surface area contributed by atoms with Crippen LogP contribution in [0.1, 0.15) is 30.0 Å². The van der Waals surface area contributed by atoms with Gasteiger partial charge >= 0.3 is 6.03 Å². The third-order valence-corrected chi connectivity index (χ3v) is 6.37. The second-order valence-electron chi connectivity index (χ2n) is 7.95. The molecule has 2 amide bonds. The topological polar surface area (TPSA) is 86.6 Å². The van der Waals surface area contributed by atoms with E-state index in [1.54, 1.807) is 38.5 Å². The smallest absolute Gasteiger partial charge is 0.320 e. The Hall–Kier alpha value is -2.95. The number of halogens is 1. The molecule has 2 aliphatic heterocycles. The SMILES string of the molecule is COc1cc2c(cc1OC)[C@@H]1C[C@](C#N)(NC(=O)Nc3cccc(Cl)c3)CCN1CC2. The van der Waals surface area contributed by atoms with Crippen LogP contribution >= 0.6 is 11.6 Å². The van der Waals surface area contributed by atoms with Crippen LogP contribution in [0.5, 0.6) is 11.5 Å². The van der Waals surface area contributed by atoms with E-state index in [0.717, 1.165) is 25.1 Å². The zero-order chi connectivity index (χ0) is 22.0. The van der Waals surface area contributed by atoms with E-state index >= 15 is 0 Å². The molecule has 4 rings (SSSR count). The van der Waals surface area contributed by atoms with Crippen molar-refractivity contribution >= 4 is 23.3 Å². The number of fused-ring (bicyclic) bond motifs is 3. The molecular weight excluding hydrogens is 416 g/mol. The summed E-state index contributed by atoms with van der Waals surface area (Å²) < 4.78 is 11.0. The number of ether oxygens (including phenoxy) is 2. The normalized spacial score (nSPS) is 22.5. The van der Waals surface area contributed by atoms with Crippen molar-refractivity contribution in [3.05, 3.63) is 52.5 Å². The molecule has 1 saturated heterocycles. The van der Waals surface area contributed by atoms with Crippen LogP contribution in [0, 0.1) is 11.3 Å². The Morgan fingerprint density at radius 2 is 2.00 bits per heavy atom. The summed E-state index contributed by atoms with van der Waals surface area (Å²) in [6, 6.07) is 12.9. The maximum absolute atomic E-state index is 12.7. The fourth-order valence-electron chi connectivity index (χ4n) is 4.54. The first-order chi connectivity index (χ1) is 15.0. The lowest BCUT2D eigenvalue weighted by Crippen LogP contribution is -2.57. The average Bonchev–Trinajstić information content (AvgIpc) is 2.77. The highest BCUT2D eigenvalue weighted by atomic mass is 35.5. The van der Waals surface area contributed by atoms with Crippen LogP contribution in [0.4, 0.5) is 10.5 Å². The molecule has 0 aliphatic carbocycles. The minimum atomic E-state index is -0.967. The van der Waals surface area contributed by atoms with Crippen molar-refractivity contribution in [1.82, 2.24) is 10.2 Å². The first kappa shape index (κ1) is 21.3. The van der Waals surface area contributed by atoms with E-state index in [1.165, 1.54) is 5.56 Å². The number of benzene rings is 2. The summed E-state index contributed by atoms with van der Waals surface area (Å²) in [5, 5.41) is 16.3. The van der Waals surface area contributed by atoms with Crippen LogP contribution in [-0.4, -0.2) is 43.8 Å². The third kappa shape index (κ3) is 4.27. The Morgan fingerprint density at radius 3 is 2.71 bits per heavy atom. The summed E-state index contributed by atoms with van der Waals surface area (Å²) in [6.45, 7) is 1.63. The van der Waals surface area contributed by atoms with Gasteiger partial charge in [0.25, 0.3) is 0 Å². The summed E-state index contributed by atoms with van der Waals surface area (Å²) in [7, 11) is 3.25. The van der Waals surface area contributed by atoms with Crippen molar-refractivity contribution in [2.45, 2.75) is 30.8 Å². The van der Waals surface area contributed by atoms with E-state index in [1.807, 2.05) is 12.1 Å². The molecule has 0 aromatic heterocycles. The summed E-state index contributed by atoms with van der Waals surface area (Å²) >= 11 is 6.00. The highest BCUT2D eigenvalue weighted by Gasteiger charge is 2.44. The van der Waals surface area contributed by atoms with Crippen LogP contribution in [-0.2, 0) is 6.42 Å². The minimum Gasteiger partial charge on any atom is -0.493 e. The van der Waals surface area contributed by atoms with Gasteiger partial charge in [-0.15, -0.1) is 0 Å². The number of piperidine rings is 1. The van der Waals surface area contributed by atoms with Gasteiger partial charge in [-0.25, -0.2) is 4.79 Å². The first-order valence-corrected chi connectivity index (χ1v) is 10.6. The lowest BCUT2D eigenvalue weighted by molar-refractivity contribution is 0.0956. The lowest BCUT2D eigenvalue weighted by Gasteiger charge is -2.46. The second-order valence-corrected chi connectivity index (χ2v) is 8.38. The zero-order valence-corrected chi connectivity index (χ0v) is 18.3. The van der Waals surface area contributed by atoms with Gasteiger partial charge in [-0.3, -0.25) is 4.90 Å². The van der Waals surface area contributed by atoms with Gasteiger partial charge in [0, 0.05) is 36.3 Å². The Kier molecular flexibility index (Phi) is 5.94. The summed E-state index contributed by atoms with van der Waals surface area (Å²) in [6.07, 6.45) is 1.97. The maximum Gasteiger partial charge on any atom is 0.320 e. The number of nitrogens with one attached hydrogen (secondary N) is 2. The molecule has 2 N–H and O–H groups in total. The van der Waals surface area contributed by atoms with Crippen LogP contribution in [0.2, 0.25) is 5.02 Å². The average molecular weight is 441 g/mol. The molecule has 2 atom stereocenters. The van der Waals surface area contributed by atoms with Crippen molar-refractivity contribution in [2.75, 3.05) is 32.6 Å². The largest absolute Gasteiger partial charge is 0.493 e. The Morgan fingerprint density at radius 1 is 1.23 bits per heavy atom. The summed E-state index contributed by atoms with van der Waals surface area (Å²) in [4.78, 5) is 15.1. The number of rotatable bonds is 4. The van der Waals surface area contributed by atoms with E-state index in [2.05, 4.69) is 21.6 Å². The Labute approximate surface area is 186 Å². The molecule has 1 fully saturated rings. The molecule has 2 aliphatic rings. The molecule has 2 heterocycles. The molecule has 8 heteroatoms. The highest BCUT2D eigenvalue weighted by Crippen LogP contribution is 2.44. The van der Waals surface area contributed by atoms with Gasteiger partial charge in [0.1, 0.15) is 5.54 Å². The third-order valence-electron chi connectivity index (χ3n) is 6.13. The molecule has 0 bridgehead atoms. The molecule has 31 heavy (non-hydrogen) atoms. The summed E-state index contributed by atoms with van der Waals surface area (Å²) in [5.41, 5.74) is 1.93. The standard InChI is InChI=1S/C23H25ClN4O3/c1-30-20-10-15-6-8-28-9-7-23(14-25,13-19(28)18(15)12-21(20)31-2)27-22(29)26-17-5-3-4-16(24)11-17/h3-5,10-12,19H,6-9,13H2,1-2H3,(H2,26,27,29)/t19-,23+/m0/s1. The van der Waals surface area contributed by atoms with E-state index in [-0.39, 0.29) is 6.04 Å². The van der Waals surface area contributed by atoms with Gasteiger partial charge in [-0.2, -0.15) is 5.26 Å². The molecule has 0 spiro atoms. The second kappa shape index (κ2) is 8.66. The molecule has 7 nitrogen and oxygen atoms in total. The fourth-order valence-corrected chi connectivity index (χ4v) is 4.73. The number of nitrogens with zero attached hydrogens (tertiary/aromatic N) is 2. The number of carbonyl (C=O) groups excluding carboxylic acids is 1. The highest BCUT2D eigenvalue weighted by molar-refractivity contribution is 6.30. The molecule has 2 aromatic rings. The predicted molar refractivity (Wildman–Crippen MR) is 119 cm³/mol.